The van der Waals surface area contributed by atoms with Crippen LogP contribution in [0.15, 0.2) is 22.7 Å². The predicted octanol–water partition coefficient (Wildman–Crippen LogP) is 4.63. The fraction of sp³-hybridized carbons (Fsp3) is 0.625. The Labute approximate surface area is 123 Å². The summed E-state index contributed by atoms with van der Waals surface area (Å²) in [5, 5.41) is 0. The van der Waals surface area contributed by atoms with Gasteiger partial charge in [0, 0.05) is 10.5 Å². The van der Waals surface area contributed by atoms with Gasteiger partial charge < -0.3 is 5.73 Å². The van der Waals surface area contributed by atoms with Crippen molar-refractivity contribution in [3.8, 4) is 0 Å². The Morgan fingerprint density at radius 2 is 2.00 bits per heavy atom. The van der Waals surface area contributed by atoms with Gasteiger partial charge in [0.15, 0.2) is 0 Å². The molecule has 2 rings (SSSR count). The first-order chi connectivity index (χ1) is 8.82. The topological polar surface area (TPSA) is 26.0 Å². The average molecular weight is 328 g/mol. The van der Waals surface area contributed by atoms with E-state index in [4.69, 9.17) is 5.73 Å². The Morgan fingerprint density at radius 1 is 1.32 bits per heavy atom. The quantitative estimate of drug-likeness (QED) is 0.842. The van der Waals surface area contributed by atoms with Crippen molar-refractivity contribution >= 4 is 15.9 Å². The van der Waals surface area contributed by atoms with Gasteiger partial charge in [-0.2, -0.15) is 0 Å². The Balaban J connectivity index is 2.33. The zero-order chi connectivity index (χ0) is 14.2. The van der Waals surface area contributed by atoms with Gasteiger partial charge in [-0.3, -0.25) is 0 Å². The summed E-state index contributed by atoms with van der Waals surface area (Å²) in [4.78, 5) is 0. The molecule has 1 aromatic carbocycles. The van der Waals surface area contributed by atoms with Crippen LogP contribution >= 0.6 is 15.9 Å². The van der Waals surface area contributed by atoms with Crippen molar-refractivity contribution in [2.24, 2.45) is 17.6 Å². The van der Waals surface area contributed by atoms with Crippen molar-refractivity contribution in [2.45, 2.75) is 51.5 Å². The molecule has 2 N–H and O–H groups in total. The molecule has 1 nitrogen and oxygen atoms in total. The first-order valence-corrected chi connectivity index (χ1v) is 7.82. The molecule has 1 aliphatic rings. The largest absolute Gasteiger partial charge is 0.327 e. The minimum atomic E-state index is -0.229. The first-order valence-electron chi connectivity index (χ1n) is 7.03. The molecule has 3 heteroatoms. The second-order valence-electron chi connectivity index (χ2n) is 6.53. The van der Waals surface area contributed by atoms with Gasteiger partial charge in [0.2, 0.25) is 0 Å². The summed E-state index contributed by atoms with van der Waals surface area (Å²) in [5.41, 5.74) is 6.89. The third-order valence-electron chi connectivity index (χ3n) is 4.71. The zero-order valence-corrected chi connectivity index (χ0v) is 13.5. The summed E-state index contributed by atoms with van der Waals surface area (Å²) in [7, 11) is 0. The summed E-state index contributed by atoms with van der Waals surface area (Å²) in [5.74, 6) is 0.904. The molecule has 0 saturated heterocycles. The van der Waals surface area contributed by atoms with Crippen molar-refractivity contribution in [3.63, 3.8) is 0 Å². The summed E-state index contributed by atoms with van der Waals surface area (Å²) in [6, 6.07) is 5.35. The number of halogens is 2. The standard InChI is InChI=1S/C16H23BrFN/c1-10-4-6-12(15(19)8-10)16(2,3)13-9-11(17)5-7-14(13)18/h5,7,9-10,12,15H,4,6,8,19H2,1-3H3. The number of hydrogen-bond acceptors (Lipinski definition) is 1. The fourth-order valence-corrected chi connectivity index (χ4v) is 3.87. The Hall–Kier alpha value is -0.410. The third-order valence-corrected chi connectivity index (χ3v) is 5.20. The van der Waals surface area contributed by atoms with E-state index in [1.54, 1.807) is 6.07 Å². The van der Waals surface area contributed by atoms with E-state index in [0.29, 0.717) is 11.8 Å². The summed E-state index contributed by atoms with van der Waals surface area (Å²) >= 11 is 3.44. The highest BCUT2D eigenvalue weighted by Crippen LogP contribution is 2.42. The van der Waals surface area contributed by atoms with Crippen LogP contribution in [0.3, 0.4) is 0 Å². The molecule has 1 saturated carbocycles. The second-order valence-corrected chi connectivity index (χ2v) is 7.45. The maximum Gasteiger partial charge on any atom is 0.127 e. The van der Waals surface area contributed by atoms with Crippen molar-refractivity contribution in [2.75, 3.05) is 0 Å². The predicted molar refractivity (Wildman–Crippen MR) is 81.6 cm³/mol. The summed E-state index contributed by atoms with van der Waals surface area (Å²) in [6.07, 6.45) is 3.32. The van der Waals surface area contributed by atoms with Crippen molar-refractivity contribution in [1.29, 1.82) is 0 Å². The molecule has 0 heterocycles. The SMILES string of the molecule is CC1CCC(C(C)(C)c2cc(Br)ccc2F)C(N)C1. The fourth-order valence-electron chi connectivity index (χ4n) is 3.51. The average Bonchev–Trinajstić information content (AvgIpc) is 2.31. The van der Waals surface area contributed by atoms with Crippen molar-refractivity contribution in [3.05, 3.63) is 34.1 Å². The molecule has 19 heavy (non-hydrogen) atoms. The minimum Gasteiger partial charge on any atom is -0.327 e. The van der Waals surface area contributed by atoms with Crippen LogP contribution in [0.2, 0.25) is 0 Å². The molecule has 0 bridgehead atoms. The van der Waals surface area contributed by atoms with Gasteiger partial charge in [0.1, 0.15) is 5.82 Å². The van der Waals surface area contributed by atoms with Crippen molar-refractivity contribution < 1.29 is 4.39 Å². The van der Waals surface area contributed by atoms with Gasteiger partial charge in [-0.1, -0.05) is 43.1 Å². The molecular weight excluding hydrogens is 305 g/mol. The molecule has 0 radical (unpaired) electrons. The number of hydrogen-bond donors (Lipinski definition) is 1. The van der Waals surface area contributed by atoms with Crippen LogP contribution in [0.1, 0.15) is 45.6 Å². The summed E-state index contributed by atoms with van der Waals surface area (Å²) in [6.45, 7) is 6.50. The van der Waals surface area contributed by atoms with Gasteiger partial charge in [-0.05, 0) is 53.9 Å². The lowest BCUT2D eigenvalue weighted by Gasteiger charge is -2.43. The molecule has 1 aromatic rings. The highest BCUT2D eigenvalue weighted by Gasteiger charge is 2.39. The maximum atomic E-state index is 14.2. The van der Waals surface area contributed by atoms with Crippen molar-refractivity contribution in [1.82, 2.24) is 0 Å². The smallest absolute Gasteiger partial charge is 0.127 e. The van der Waals surface area contributed by atoms with Crippen LogP contribution in [0.4, 0.5) is 4.39 Å². The molecule has 0 spiro atoms. The van der Waals surface area contributed by atoms with Gasteiger partial charge >= 0.3 is 0 Å². The Kier molecular flexibility index (Phi) is 4.36. The number of nitrogens with two attached hydrogens (primary N) is 1. The highest BCUT2D eigenvalue weighted by molar-refractivity contribution is 9.10. The van der Waals surface area contributed by atoms with E-state index >= 15 is 0 Å². The van der Waals surface area contributed by atoms with E-state index in [0.717, 1.165) is 22.9 Å². The van der Waals surface area contributed by atoms with E-state index in [9.17, 15) is 4.39 Å². The molecular formula is C16H23BrFN. The van der Waals surface area contributed by atoms with Gasteiger partial charge in [-0.25, -0.2) is 4.39 Å². The van der Waals surface area contributed by atoms with Crippen LogP contribution in [0, 0.1) is 17.7 Å². The van der Waals surface area contributed by atoms with E-state index in [1.807, 2.05) is 6.07 Å². The lowest BCUT2D eigenvalue weighted by atomic mass is 9.64. The van der Waals surface area contributed by atoms with Gasteiger partial charge in [0.25, 0.3) is 0 Å². The zero-order valence-electron chi connectivity index (χ0n) is 11.9. The molecule has 3 atom stereocenters. The number of rotatable bonds is 2. The van der Waals surface area contributed by atoms with Gasteiger partial charge in [0.05, 0.1) is 0 Å². The first kappa shape index (κ1) is 15.0. The Morgan fingerprint density at radius 3 is 2.63 bits per heavy atom. The molecule has 106 valence electrons. The van der Waals surface area contributed by atoms with E-state index in [1.165, 1.54) is 12.5 Å². The van der Waals surface area contributed by atoms with E-state index < -0.39 is 0 Å². The summed E-state index contributed by atoms with van der Waals surface area (Å²) < 4.78 is 15.1. The third kappa shape index (κ3) is 3.03. The van der Waals surface area contributed by atoms with Crippen LogP contribution < -0.4 is 5.73 Å². The molecule has 0 aliphatic heterocycles. The molecule has 0 amide bonds. The van der Waals surface area contributed by atoms with Crippen LogP contribution in [0.25, 0.3) is 0 Å². The highest BCUT2D eigenvalue weighted by atomic mass is 79.9. The molecule has 1 aliphatic carbocycles. The van der Waals surface area contributed by atoms with Crippen LogP contribution in [-0.4, -0.2) is 6.04 Å². The molecule has 1 fully saturated rings. The second kappa shape index (κ2) is 5.53. The monoisotopic (exact) mass is 327 g/mol. The normalized spacial score (nSPS) is 28.4. The van der Waals surface area contributed by atoms with E-state index in [2.05, 4.69) is 36.7 Å². The van der Waals surface area contributed by atoms with Crippen LogP contribution in [-0.2, 0) is 5.41 Å². The van der Waals surface area contributed by atoms with E-state index in [-0.39, 0.29) is 17.3 Å². The minimum absolute atomic E-state index is 0.126. The number of benzene rings is 1. The molecule has 0 aromatic heterocycles. The Bertz CT molecular complexity index is 458. The lowest BCUT2D eigenvalue weighted by Crippen LogP contribution is -2.46. The van der Waals surface area contributed by atoms with Crippen LogP contribution in [0.5, 0.6) is 0 Å². The maximum absolute atomic E-state index is 14.2. The molecule has 3 unspecified atom stereocenters. The van der Waals surface area contributed by atoms with Gasteiger partial charge in [-0.15, -0.1) is 0 Å². The lowest BCUT2D eigenvalue weighted by molar-refractivity contribution is 0.168.